The summed E-state index contributed by atoms with van der Waals surface area (Å²) in [7, 11) is 0. The van der Waals surface area contributed by atoms with Crippen LogP contribution in [0.1, 0.15) is 149 Å². The topological polar surface area (TPSA) is 33.5 Å². The highest BCUT2D eigenvalue weighted by Gasteiger charge is 2.33. The SMILES string of the molecule is CC(C)c1cccc(C(C)C)c1-c1cc(Oc2ccc3c4cc(C(C)(C)C)ccc4n(-c4cc(C(C)(C)C)ccn4)c3c2)cc(N2CN(c3cccc(C(C)(C)c4ccccc4)c3)C=C2C(C)(C)C)c1. The molecule has 0 atom stereocenters. The third-order valence-electron chi connectivity index (χ3n) is 14.6. The highest BCUT2D eigenvalue weighted by Crippen LogP contribution is 2.46. The Labute approximate surface area is 418 Å². The molecule has 6 aromatic carbocycles. The highest BCUT2D eigenvalue weighted by molar-refractivity contribution is 6.10. The monoisotopic (exact) mass is 927 g/mol. The number of aromatic nitrogens is 2. The minimum atomic E-state index is -0.161. The van der Waals surface area contributed by atoms with Crippen LogP contribution in [-0.2, 0) is 16.2 Å². The van der Waals surface area contributed by atoms with Crippen LogP contribution in [-0.4, -0.2) is 16.2 Å². The molecule has 8 aromatic rings. The largest absolute Gasteiger partial charge is 0.457 e. The van der Waals surface area contributed by atoms with Crippen LogP contribution < -0.4 is 14.5 Å². The Morgan fingerprint density at radius 2 is 1.16 bits per heavy atom. The molecule has 0 saturated carbocycles. The fourth-order valence-corrected chi connectivity index (χ4v) is 10.3. The molecule has 1 aliphatic rings. The van der Waals surface area contributed by atoms with Crippen molar-refractivity contribution in [3.05, 3.63) is 191 Å². The molecular weight excluding hydrogens is 853 g/mol. The molecular formula is C65H74N4O. The number of hydrogen-bond acceptors (Lipinski definition) is 4. The summed E-state index contributed by atoms with van der Waals surface area (Å²) in [4.78, 5) is 9.94. The van der Waals surface area contributed by atoms with Gasteiger partial charge in [-0.2, -0.15) is 0 Å². The Balaban J connectivity index is 1.20. The second-order valence-electron chi connectivity index (χ2n) is 23.9. The molecule has 2 aromatic heterocycles. The van der Waals surface area contributed by atoms with Crippen LogP contribution in [0.25, 0.3) is 38.8 Å². The van der Waals surface area contributed by atoms with Crippen LogP contribution >= 0.6 is 0 Å². The van der Waals surface area contributed by atoms with Gasteiger partial charge in [0.15, 0.2) is 0 Å². The lowest BCUT2D eigenvalue weighted by Gasteiger charge is -2.32. The van der Waals surface area contributed by atoms with Gasteiger partial charge in [-0.25, -0.2) is 4.98 Å². The van der Waals surface area contributed by atoms with Gasteiger partial charge in [0.1, 0.15) is 17.3 Å². The number of anilines is 2. The van der Waals surface area contributed by atoms with E-state index in [1.807, 2.05) is 6.20 Å². The van der Waals surface area contributed by atoms with Gasteiger partial charge < -0.3 is 14.5 Å². The third kappa shape index (κ3) is 9.28. The van der Waals surface area contributed by atoms with Crippen molar-refractivity contribution in [3.63, 3.8) is 0 Å². The minimum Gasteiger partial charge on any atom is -0.457 e. The van der Waals surface area contributed by atoms with Gasteiger partial charge in [-0.15, -0.1) is 0 Å². The van der Waals surface area contributed by atoms with Crippen LogP contribution in [0.3, 0.4) is 0 Å². The average molecular weight is 927 g/mol. The molecule has 5 nitrogen and oxygen atoms in total. The van der Waals surface area contributed by atoms with Gasteiger partial charge in [0.05, 0.1) is 17.7 Å². The van der Waals surface area contributed by atoms with Crippen molar-refractivity contribution in [1.29, 1.82) is 0 Å². The Bertz CT molecular complexity index is 3230. The van der Waals surface area contributed by atoms with E-state index in [1.165, 1.54) is 61.1 Å². The van der Waals surface area contributed by atoms with E-state index in [2.05, 4.69) is 264 Å². The quantitative estimate of drug-likeness (QED) is 0.137. The van der Waals surface area contributed by atoms with E-state index in [9.17, 15) is 0 Å². The Morgan fingerprint density at radius 1 is 0.500 bits per heavy atom. The summed E-state index contributed by atoms with van der Waals surface area (Å²) in [6.07, 6.45) is 4.32. The van der Waals surface area contributed by atoms with Crippen molar-refractivity contribution in [2.45, 2.75) is 132 Å². The molecule has 0 radical (unpaired) electrons. The van der Waals surface area contributed by atoms with E-state index in [1.54, 1.807) is 0 Å². The first-order valence-corrected chi connectivity index (χ1v) is 25.4. The second-order valence-corrected chi connectivity index (χ2v) is 23.9. The average Bonchev–Trinajstić information content (AvgIpc) is 3.92. The van der Waals surface area contributed by atoms with E-state index in [0.717, 1.165) is 39.6 Å². The first-order chi connectivity index (χ1) is 33.0. The highest BCUT2D eigenvalue weighted by atomic mass is 16.5. The zero-order valence-electron chi connectivity index (χ0n) is 44.5. The summed E-state index contributed by atoms with van der Waals surface area (Å²) in [5.41, 5.74) is 15.6. The lowest BCUT2D eigenvalue weighted by atomic mass is 9.78. The first-order valence-electron chi connectivity index (χ1n) is 25.4. The van der Waals surface area contributed by atoms with Crippen molar-refractivity contribution in [2.24, 2.45) is 5.41 Å². The number of ether oxygens (including phenoxy) is 1. The summed E-state index contributed by atoms with van der Waals surface area (Å²) in [5.74, 6) is 3.13. The van der Waals surface area contributed by atoms with Gasteiger partial charge in [-0.05, 0) is 128 Å². The molecule has 0 N–H and O–H groups in total. The summed E-state index contributed by atoms with van der Waals surface area (Å²) in [6, 6.07) is 51.6. The van der Waals surface area contributed by atoms with E-state index in [4.69, 9.17) is 9.72 Å². The summed E-state index contributed by atoms with van der Waals surface area (Å²) in [5, 5.41) is 2.38. The Kier molecular flexibility index (Phi) is 12.4. The van der Waals surface area contributed by atoms with Crippen molar-refractivity contribution < 1.29 is 4.74 Å². The molecule has 0 amide bonds. The Hall–Kier alpha value is -6.59. The van der Waals surface area contributed by atoms with Crippen molar-refractivity contribution in [1.82, 2.24) is 9.55 Å². The van der Waals surface area contributed by atoms with Gasteiger partial charge in [0, 0.05) is 63.2 Å². The molecule has 0 spiro atoms. The van der Waals surface area contributed by atoms with Gasteiger partial charge in [-0.3, -0.25) is 4.57 Å². The van der Waals surface area contributed by atoms with Gasteiger partial charge in [0.25, 0.3) is 0 Å². The number of nitrogens with zero attached hydrogens (tertiary/aromatic N) is 4. The summed E-state index contributed by atoms with van der Waals surface area (Å²) >= 11 is 0. The molecule has 0 aliphatic carbocycles. The van der Waals surface area contributed by atoms with Crippen LogP contribution in [0.5, 0.6) is 11.5 Å². The summed E-state index contributed by atoms with van der Waals surface area (Å²) in [6.45, 7) is 35.1. The first kappa shape index (κ1) is 48.4. The lowest BCUT2D eigenvalue weighted by Crippen LogP contribution is -2.30. The van der Waals surface area contributed by atoms with Crippen LogP contribution in [0.15, 0.2) is 158 Å². The third-order valence-corrected chi connectivity index (χ3v) is 14.6. The summed E-state index contributed by atoms with van der Waals surface area (Å²) < 4.78 is 9.55. The van der Waals surface area contributed by atoms with Gasteiger partial charge >= 0.3 is 0 Å². The van der Waals surface area contributed by atoms with Crippen molar-refractivity contribution in [2.75, 3.05) is 16.5 Å². The molecule has 0 fully saturated rings. The molecule has 360 valence electrons. The Morgan fingerprint density at radius 3 is 1.81 bits per heavy atom. The van der Waals surface area contributed by atoms with E-state index < -0.39 is 0 Å². The number of hydrogen-bond donors (Lipinski definition) is 0. The fraction of sp³-hybridized carbons (Fsp3) is 0.338. The van der Waals surface area contributed by atoms with E-state index in [-0.39, 0.29) is 21.7 Å². The predicted molar refractivity (Wildman–Crippen MR) is 298 cm³/mol. The molecule has 1 aliphatic heterocycles. The normalized spacial score (nSPS) is 13.9. The maximum Gasteiger partial charge on any atom is 0.137 e. The molecule has 70 heavy (non-hydrogen) atoms. The molecule has 9 rings (SSSR count). The lowest BCUT2D eigenvalue weighted by molar-refractivity contribution is 0.481. The molecule has 0 bridgehead atoms. The van der Waals surface area contributed by atoms with Crippen LogP contribution in [0, 0.1) is 5.41 Å². The zero-order chi connectivity index (χ0) is 50.1. The van der Waals surface area contributed by atoms with E-state index in [0.29, 0.717) is 18.5 Å². The molecule has 5 heteroatoms. The van der Waals surface area contributed by atoms with Crippen LogP contribution in [0.4, 0.5) is 11.4 Å². The van der Waals surface area contributed by atoms with Crippen LogP contribution in [0.2, 0.25) is 0 Å². The zero-order valence-corrected chi connectivity index (χ0v) is 44.5. The molecule has 0 unspecified atom stereocenters. The van der Waals surface area contributed by atoms with Gasteiger partial charge in [0.2, 0.25) is 0 Å². The van der Waals surface area contributed by atoms with E-state index >= 15 is 0 Å². The predicted octanol–water partition coefficient (Wildman–Crippen LogP) is 18.0. The number of rotatable bonds is 10. The van der Waals surface area contributed by atoms with Crippen molar-refractivity contribution >= 4 is 33.2 Å². The number of allylic oxidation sites excluding steroid dienone is 1. The number of pyridine rings is 1. The number of fused-ring (bicyclic) bond motifs is 3. The molecule has 0 saturated heterocycles. The van der Waals surface area contributed by atoms with Gasteiger partial charge in [-0.1, -0.05) is 171 Å². The number of benzene rings is 6. The van der Waals surface area contributed by atoms with Crippen molar-refractivity contribution in [3.8, 4) is 28.4 Å². The molecule has 3 heterocycles. The fourth-order valence-electron chi connectivity index (χ4n) is 10.3. The smallest absolute Gasteiger partial charge is 0.137 e. The maximum absolute atomic E-state index is 7.23. The second kappa shape index (κ2) is 18.0. The standard InChI is InChI=1S/C65H74N4O/c1-42(2)53-25-20-26-54(43(3)4)61(53)44-33-50(68-41-67(40-59(68)64(11,12)13)49-24-19-23-48(35-49)65(14,15)45-21-17-16-18-22-45)38-52(34-44)70-51-28-29-55-56-36-46(62(5,6)7)27-30-57(56)69(58(55)39-51)60-37-47(31-32-66-60)63(8,9)10/h16-40,42-43H,41H2,1-15H3. The maximum atomic E-state index is 7.23. The minimum absolute atomic E-state index is 0.000149.